The summed E-state index contributed by atoms with van der Waals surface area (Å²) in [4.78, 5) is 33.3. The first-order chi connectivity index (χ1) is 7.86. The first kappa shape index (κ1) is 16.1. The first-order valence-electron chi connectivity index (χ1n) is 4.62. The van der Waals surface area contributed by atoms with Gasteiger partial charge in [-0.25, -0.2) is 0 Å². The van der Waals surface area contributed by atoms with Crippen LogP contribution in [0.2, 0.25) is 0 Å². The van der Waals surface area contributed by atoms with Crippen LogP contribution in [0.1, 0.15) is 38.0 Å². The van der Waals surface area contributed by atoms with Crippen molar-refractivity contribution >= 4 is 17.7 Å². The van der Waals surface area contributed by atoms with Crippen molar-refractivity contribution in [1.29, 1.82) is 0 Å². The minimum Gasteiger partial charge on any atom is -0.545 e. The normalized spacial score (nSPS) is 9.17. The summed E-state index contributed by atoms with van der Waals surface area (Å²) in [6, 6.07) is 3.50. The van der Waals surface area contributed by atoms with Crippen molar-refractivity contribution in [3.05, 3.63) is 47.0 Å². The molecule has 0 aliphatic carbocycles. The van der Waals surface area contributed by atoms with Crippen LogP contribution in [-0.2, 0) is 17.1 Å². The summed E-state index contributed by atoms with van der Waals surface area (Å²) < 4.78 is 0. The predicted octanol–water partition coefficient (Wildman–Crippen LogP) is -0.830. The molecule has 0 N–H and O–H groups in total. The number of carbonyl (C=O) groups excluding carboxylic acids is 3. The van der Waals surface area contributed by atoms with Gasteiger partial charge in [-0.05, 0) is 12.5 Å². The van der Waals surface area contributed by atoms with Crippen molar-refractivity contribution in [2.75, 3.05) is 0 Å². The van der Waals surface area contributed by atoms with E-state index in [0.29, 0.717) is 0 Å². The average molecular weight is 296 g/mol. The molecule has 1 aromatic rings. The second-order valence-electron chi connectivity index (χ2n) is 3.41. The fourth-order valence-corrected chi connectivity index (χ4v) is 1.36. The van der Waals surface area contributed by atoms with Crippen molar-refractivity contribution in [1.82, 2.24) is 0 Å². The molecule has 0 bridgehead atoms. The maximum Gasteiger partial charge on any atom is 2.00 e. The molecular formula is C12H8CuO5. The van der Waals surface area contributed by atoms with Crippen LogP contribution in [0.4, 0.5) is 0 Å². The van der Waals surface area contributed by atoms with Gasteiger partial charge in [0.25, 0.3) is 0 Å². The van der Waals surface area contributed by atoms with Crippen LogP contribution in [0.3, 0.4) is 0 Å². The number of carboxylic acids is 2. The molecule has 97 valence electrons. The number of ketones is 1. The summed E-state index contributed by atoms with van der Waals surface area (Å²) in [7, 11) is 0. The van der Waals surface area contributed by atoms with E-state index < -0.39 is 28.8 Å². The Bertz CT molecular complexity index is 533. The fourth-order valence-electron chi connectivity index (χ4n) is 1.36. The molecule has 1 radical (unpaired) electrons. The molecule has 5 nitrogen and oxygen atoms in total. The molecule has 0 fully saturated rings. The quantitative estimate of drug-likeness (QED) is 0.410. The van der Waals surface area contributed by atoms with Gasteiger partial charge < -0.3 is 19.8 Å². The maximum absolute atomic E-state index is 11.6. The monoisotopic (exact) mass is 295 g/mol. The van der Waals surface area contributed by atoms with E-state index >= 15 is 0 Å². The maximum atomic E-state index is 11.6. The van der Waals surface area contributed by atoms with E-state index in [9.17, 15) is 24.6 Å². The number of carboxylic acid groups (broad SMARTS) is 2. The summed E-state index contributed by atoms with van der Waals surface area (Å²) in [5, 5.41) is 21.6. The Morgan fingerprint density at radius 3 is 1.94 bits per heavy atom. The molecule has 6 heteroatoms. The van der Waals surface area contributed by atoms with Crippen LogP contribution in [0.5, 0.6) is 0 Å². The van der Waals surface area contributed by atoms with Crippen molar-refractivity contribution in [3.8, 4) is 0 Å². The van der Waals surface area contributed by atoms with Crippen LogP contribution >= 0.6 is 0 Å². The van der Waals surface area contributed by atoms with Crippen LogP contribution in [0.25, 0.3) is 0 Å². The minimum atomic E-state index is -1.74. The van der Waals surface area contributed by atoms with Crippen molar-refractivity contribution in [2.24, 2.45) is 0 Å². The minimum absolute atomic E-state index is 0. The van der Waals surface area contributed by atoms with E-state index in [1.165, 1.54) is 19.1 Å². The van der Waals surface area contributed by atoms with E-state index in [1.807, 2.05) is 0 Å². The van der Waals surface area contributed by atoms with Gasteiger partial charge in [0.2, 0.25) is 0 Å². The number of allylic oxidation sites excluding steroid dienone is 1. The largest absolute Gasteiger partial charge is 2.00 e. The SMILES string of the molecule is C=C(C)C(=O)c1cccc(C(=O)[O-])c1C(=O)[O-].[Cu+2]. The Morgan fingerprint density at radius 2 is 1.56 bits per heavy atom. The molecular weight excluding hydrogens is 288 g/mol. The van der Waals surface area contributed by atoms with Gasteiger partial charge in [-0.1, -0.05) is 24.8 Å². The van der Waals surface area contributed by atoms with E-state index in [0.717, 1.165) is 6.07 Å². The van der Waals surface area contributed by atoms with Gasteiger partial charge in [0, 0.05) is 16.7 Å². The number of carbonyl (C=O) groups is 3. The van der Waals surface area contributed by atoms with Crippen LogP contribution in [0.15, 0.2) is 30.4 Å². The molecule has 0 aliphatic rings. The van der Waals surface area contributed by atoms with Crippen molar-refractivity contribution in [2.45, 2.75) is 6.92 Å². The summed E-state index contributed by atoms with van der Waals surface area (Å²) >= 11 is 0. The average Bonchev–Trinajstić information content (AvgIpc) is 2.26. The third-order valence-corrected chi connectivity index (χ3v) is 2.12. The molecule has 0 unspecified atom stereocenters. The van der Waals surface area contributed by atoms with Gasteiger partial charge in [0.15, 0.2) is 5.78 Å². The van der Waals surface area contributed by atoms with Gasteiger partial charge in [-0.3, -0.25) is 4.79 Å². The van der Waals surface area contributed by atoms with Gasteiger partial charge in [-0.15, -0.1) is 0 Å². The fraction of sp³-hybridized carbons (Fsp3) is 0.0833. The summed E-state index contributed by atoms with van der Waals surface area (Å²) in [6.07, 6.45) is 0. The van der Waals surface area contributed by atoms with E-state index in [1.54, 1.807) is 0 Å². The topological polar surface area (TPSA) is 97.3 Å². The van der Waals surface area contributed by atoms with E-state index in [4.69, 9.17) is 0 Å². The third-order valence-electron chi connectivity index (χ3n) is 2.12. The Kier molecular flexibility index (Phi) is 5.49. The Balaban J connectivity index is 0.00000289. The molecule has 1 aromatic carbocycles. The summed E-state index contributed by atoms with van der Waals surface area (Å²) in [6.45, 7) is 4.78. The molecule has 0 heterocycles. The Labute approximate surface area is 114 Å². The van der Waals surface area contributed by atoms with Gasteiger partial charge in [0.1, 0.15) is 0 Å². The van der Waals surface area contributed by atoms with Crippen LogP contribution in [-0.4, -0.2) is 17.7 Å². The second-order valence-corrected chi connectivity index (χ2v) is 3.41. The smallest absolute Gasteiger partial charge is 0.545 e. The third kappa shape index (κ3) is 3.06. The van der Waals surface area contributed by atoms with Crippen LogP contribution in [0, 0.1) is 0 Å². The Hall–Kier alpha value is -1.91. The number of aromatic carboxylic acids is 2. The molecule has 18 heavy (non-hydrogen) atoms. The molecule has 1 rings (SSSR count). The van der Waals surface area contributed by atoms with E-state index in [2.05, 4.69) is 6.58 Å². The second kappa shape index (κ2) is 6.14. The molecule has 0 atom stereocenters. The first-order valence-corrected chi connectivity index (χ1v) is 4.62. The molecule has 0 spiro atoms. The molecule has 0 aromatic heterocycles. The van der Waals surface area contributed by atoms with Gasteiger partial charge >= 0.3 is 17.1 Å². The zero-order valence-corrected chi connectivity index (χ0v) is 10.2. The molecule has 0 saturated carbocycles. The number of hydrogen-bond donors (Lipinski definition) is 0. The summed E-state index contributed by atoms with van der Waals surface area (Å²) in [5.74, 6) is -4.07. The van der Waals surface area contributed by atoms with Gasteiger partial charge in [-0.2, -0.15) is 0 Å². The zero-order valence-electron chi connectivity index (χ0n) is 9.28. The van der Waals surface area contributed by atoms with Crippen molar-refractivity contribution in [3.63, 3.8) is 0 Å². The zero-order chi connectivity index (χ0) is 13.2. The summed E-state index contributed by atoms with van der Waals surface area (Å²) in [5.41, 5.74) is -1.43. The molecule has 0 aliphatic heterocycles. The molecule has 0 amide bonds. The number of hydrogen-bond acceptors (Lipinski definition) is 5. The van der Waals surface area contributed by atoms with Gasteiger partial charge in [0.05, 0.1) is 11.9 Å². The standard InChI is InChI=1S/C12H10O5.Cu/c1-6(2)10(13)7-4-3-5-8(11(14)15)9(7)12(16)17;/h3-5H,1H2,2H3,(H,14,15)(H,16,17);/q;+2/p-2. The Morgan fingerprint density at radius 1 is 1.06 bits per heavy atom. The number of rotatable bonds is 4. The van der Waals surface area contributed by atoms with E-state index in [-0.39, 0.29) is 28.2 Å². The number of Topliss-reactive ketones (excluding diaryl/α,β-unsaturated/α-hetero) is 1. The molecule has 0 saturated heterocycles. The van der Waals surface area contributed by atoms with Crippen molar-refractivity contribution < 1.29 is 41.7 Å². The predicted molar refractivity (Wildman–Crippen MR) is 54.2 cm³/mol. The van der Waals surface area contributed by atoms with Crippen LogP contribution < -0.4 is 10.2 Å². The number of benzene rings is 1.